The van der Waals surface area contributed by atoms with Gasteiger partial charge < -0.3 is 24.6 Å². The van der Waals surface area contributed by atoms with Crippen molar-refractivity contribution >= 4 is 24.0 Å². The number of carbonyl (C=O) groups excluding carboxylic acids is 4. The second kappa shape index (κ2) is 12.1. The Bertz CT molecular complexity index is 889. The predicted octanol–water partition coefficient (Wildman–Crippen LogP) is 3.38. The molecule has 0 aromatic rings. The van der Waals surface area contributed by atoms with Gasteiger partial charge in [-0.3, -0.25) is 14.5 Å². The minimum absolute atomic E-state index is 0.0438. The summed E-state index contributed by atoms with van der Waals surface area (Å²) in [5, 5.41) is 2.94. The van der Waals surface area contributed by atoms with Crippen LogP contribution in [0.2, 0.25) is 0 Å². The maximum absolute atomic E-state index is 13.2. The zero-order valence-corrected chi connectivity index (χ0v) is 23.7. The first-order valence-electron chi connectivity index (χ1n) is 14.5. The van der Waals surface area contributed by atoms with Crippen molar-refractivity contribution in [2.24, 2.45) is 17.8 Å². The van der Waals surface area contributed by atoms with Gasteiger partial charge in [-0.05, 0) is 84.0 Å². The van der Waals surface area contributed by atoms with E-state index in [-0.39, 0.29) is 60.2 Å². The molecule has 2 saturated carbocycles. The van der Waals surface area contributed by atoms with Crippen LogP contribution in [-0.4, -0.2) is 95.7 Å². The number of rotatable bonds is 4. The van der Waals surface area contributed by atoms with Gasteiger partial charge in [-0.25, -0.2) is 9.59 Å². The van der Waals surface area contributed by atoms with Crippen LogP contribution < -0.4 is 5.32 Å². The average Bonchev–Trinajstić information content (AvgIpc) is 3.34. The van der Waals surface area contributed by atoms with E-state index < -0.39 is 0 Å². The summed E-state index contributed by atoms with van der Waals surface area (Å²) < 4.78 is 10.7. The van der Waals surface area contributed by atoms with Gasteiger partial charge in [-0.1, -0.05) is 0 Å². The summed E-state index contributed by atoms with van der Waals surface area (Å²) in [4.78, 5) is 55.9. The van der Waals surface area contributed by atoms with Gasteiger partial charge >= 0.3 is 12.2 Å². The topological polar surface area (TPSA) is 108 Å². The van der Waals surface area contributed by atoms with Gasteiger partial charge in [0, 0.05) is 38.5 Å². The number of piperazine rings is 1. The molecule has 3 unspecified atom stereocenters. The summed E-state index contributed by atoms with van der Waals surface area (Å²) in [5.41, 5.74) is 0. The Hall–Kier alpha value is -2.52. The number of carbonyl (C=O) groups is 4. The molecule has 0 radical (unpaired) electrons. The molecule has 214 valence electrons. The Morgan fingerprint density at radius 2 is 1.55 bits per heavy atom. The highest BCUT2D eigenvalue weighted by Gasteiger charge is 2.49. The largest absolute Gasteiger partial charge is 0.453 e. The van der Waals surface area contributed by atoms with Crippen molar-refractivity contribution in [2.45, 2.75) is 109 Å². The molecule has 10 heteroatoms. The number of nitrogens with one attached hydrogen (secondary N) is 1. The standard InChI is InChI=1S/C28H46N4O6/c1-17(2)38-27(35)31-15-18(3)32(28(36)37-5)24-11-10-22(14-25(24)31)20-6-8-21(9-7-20)26(34)30-13-12-23(16-30)29-19(4)33/h17-18,20-25H,6-16H2,1-5H3,(H,29,33)/t18-,20?,21?,22?,23+,24?,25?/m0/s1. The first-order chi connectivity index (χ1) is 18.1. The highest BCUT2D eigenvalue weighted by Crippen LogP contribution is 2.44. The summed E-state index contributed by atoms with van der Waals surface area (Å²) in [6.45, 7) is 8.96. The van der Waals surface area contributed by atoms with Gasteiger partial charge in [0.15, 0.2) is 0 Å². The van der Waals surface area contributed by atoms with Crippen molar-refractivity contribution in [3.63, 3.8) is 0 Å². The molecule has 5 atom stereocenters. The molecule has 4 amide bonds. The summed E-state index contributed by atoms with van der Waals surface area (Å²) in [6.07, 6.45) is 6.46. The molecule has 0 bridgehead atoms. The SMILES string of the molecule is COC(=O)N1C2CCC(C3CCC(C(=O)N4CC[C@@H](NC(C)=O)C4)CC3)CC2N(C(=O)OC(C)C)C[C@@H]1C. The van der Waals surface area contributed by atoms with E-state index in [9.17, 15) is 19.2 Å². The first kappa shape index (κ1) is 28.5. The normalized spacial score (nSPS) is 33.5. The maximum Gasteiger partial charge on any atom is 0.410 e. The van der Waals surface area contributed by atoms with Crippen LogP contribution >= 0.6 is 0 Å². The quantitative estimate of drug-likeness (QED) is 0.592. The number of methoxy groups -OCH3 is 1. The van der Waals surface area contributed by atoms with Crippen LogP contribution in [-0.2, 0) is 19.1 Å². The summed E-state index contributed by atoms with van der Waals surface area (Å²) in [7, 11) is 1.41. The molecule has 0 aromatic heterocycles. The van der Waals surface area contributed by atoms with Gasteiger partial charge in [0.25, 0.3) is 0 Å². The lowest BCUT2D eigenvalue weighted by Gasteiger charge is -2.54. The third-order valence-corrected chi connectivity index (χ3v) is 9.17. The van der Waals surface area contributed by atoms with Crippen molar-refractivity contribution in [3.8, 4) is 0 Å². The minimum atomic E-state index is -0.329. The van der Waals surface area contributed by atoms with E-state index in [1.807, 2.05) is 35.5 Å². The molecule has 4 fully saturated rings. The second-order valence-corrected chi connectivity index (χ2v) is 12.1. The summed E-state index contributed by atoms with van der Waals surface area (Å²) >= 11 is 0. The molecule has 2 aliphatic carbocycles. The van der Waals surface area contributed by atoms with Gasteiger partial charge in [0.05, 0.1) is 31.3 Å². The molecule has 2 saturated heterocycles. The third-order valence-electron chi connectivity index (χ3n) is 9.17. The van der Waals surface area contributed by atoms with E-state index in [1.54, 1.807) is 0 Å². The molecule has 38 heavy (non-hydrogen) atoms. The number of nitrogens with zero attached hydrogens (tertiary/aromatic N) is 3. The van der Waals surface area contributed by atoms with E-state index in [0.29, 0.717) is 31.5 Å². The molecular weight excluding hydrogens is 488 g/mol. The Morgan fingerprint density at radius 1 is 0.868 bits per heavy atom. The van der Waals surface area contributed by atoms with Crippen LogP contribution in [0.3, 0.4) is 0 Å². The third kappa shape index (κ3) is 6.20. The Balaban J connectivity index is 1.37. The van der Waals surface area contributed by atoms with E-state index in [1.165, 1.54) is 14.0 Å². The molecular formula is C28H46N4O6. The van der Waals surface area contributed by atoms with Gasteiger partial charge in [0.1, 0.15) is 0 Å². The van der Waals surface area contributed by atoms with Gasteiger partial charge in [-0.15, -0.1) is 0 Å². The van der Waals surface area contributed by atoms with Crippen LogP contribution in [0.5, 0.6) is 0 Å². The highest BCUT2D eigenvalue weighted by atomic mass is 16.6. The van der Waals surface area contributed by atoms with Gasteiger partial charge in [0.2, 0.25) is 11.8 Å². The summed E-state index contributed by atoms with van der Waals surface area (Å²) in [5.74, 6) is 1.21. The van der Waals surface area contributed by atoms with Crippen LogP contribution in [0.25, 0.3) is 0 Å². The summed E-state index contributed by atoms with van der Waals surface area (Å²) in [6, 6.07) is -0.245. The Morgan fingerprint density at radius 3 is 2.18 bits per heavy atom. The van der Waals surface area contributed by atoms with Crippen LogP contribution in [0.4, 0.5) is 9.59 Å². The lowest BCUT2D eigenvalue weighted by Crippen LogP contribution is -2.67. The highest BCUT2D eigenvalue weighted by molar-refractivity contribution is 5.79. The minimum Gasteiger partial charge on any atom is -0.453 e. The molecule has 2 heterocycles. The maximum atomic E-state index is 13.2. The zero-order chi connectivity index (χ0) is 27.6. The molecule has 1 N–H and O–H groups in total. The zero-order valence-electron chi connectivity index (χ0n) is 23.7. The lowest BCUT2D eigenvalue weighted by molar-refractivity contribution is -0.136. The average molecular weight is 535 g/mol. The number of hydrogen-bond acceptors (Lipinski definition) is 6. The van der Waals surface area contributed by atoms with Crippen molar-refractivity contribution in [1.29, 1.82) is 0 Å². The number of likely N-dealkylation sites (tertiary alicyclic amines) is 1. The molecule has 0 aromatic carbocycles. The van der Waals surface area contributed by atoms with E-state index in [4.69, 9.17) is 9.47 Å². The smallest absolute Gasteiger partial charge is 0.410 e. The number of fused-ring (bicyclic) bond motifs is 1. The fourth-order valence-corrected chi connectivity index (χ4v) is 7.45. The van der Waals surface area contributed by atoms with Crippen LogP contribution in [0.1, 0.15) is 79.1 Å². The van der Waals surface area contributed by atoms with Gasteiger partial charge in [-0.2, -0.15) is 0 Å². The van der Waals surface area contributed by atoms with Crippen molar-refractivity contribution < 1.29 is 28.7 Å². The fourth-order valence-electron chi connectivity index (χ4n) is 7.45. The predicted molar refractivity (Wildman–Crippen MR) is 141 cm³/mol. The lowest BCUT2D eigenvalue weighted by atomic mass is 9.68. The Labute approximate surface area is 226 Å². The monoisotopic (exact) mass is 534 g/mol. The molecule has 4 rings (SSSR count). The molecule has 2 aliphatic heterocycles. The first-order valence-corrected chi connectivity index (χ1v) is 14.5. The number of amides is 4. The number of hydrogen-bond donors (Lipinski definition) is 1. The van der Waals surface area contributed by atoms with Crippen molar-refractivity contribution in [3.05, 3.63) is 0 Å². The van der Waals surface area contributed by atoms with Crippen molar-refractivity contribution in [1.82, 2.24) is 20.0 Å². The number of ether oxygens (including phenoxy) is 2. The van der Waals surface area contributed by atoms with Crippen molar-refractivity contribution in [2.75, 3.05) is 26.7 Å². The molecule has 0 spiro atoms. The second-order valence-electron chi connectivity index (χ2n) is 12.1. The van der Waals surface area contributed by atoms with Crippen LogP contribution in [0.15, 0.2) is 0 Å². The van der Waals surface area contributed by atoms with Crippen LogP contribution in [0, 0.1) is 17.8 Å². The fraction of sp³-hybridized carbons (Fsp3) is 0.857. The van der Waals surface area contributed by atoms with E-state index in [2.05, 4.69) is 5.32 Å². The Kier molecular flexibility index (Phi) is 9.08. The molecule has 4 aliphatic rings. The molecule has 10 nitrogen and oxygen atoms in total. The van der Waals surface area contributed by atoms with E-state index >= 15 is 0 Å². The van der Waals surface area contributed by atoms with E-state index in [0.717, 1.165) is 51.4 Å².